The van der Waals surface area contributed by atoms with E-state index in [9.17, 15) is 14.5 Å². The molecule has 0 unspecified atom stereocenters. The third kappa shape index (κ3) is 2.27. The molecule has 0 spiro atoms. The van der Waals surface area contributed by atoms with Crippen molar-refractivity contribution in [1.29, 1.82) is 0 Å². The van der Waals surface area contributed by atoms with Crippen LogP contribution in [0.4, 0.5) is 21.6 Å². The molecule has 0 aliphatic heterocycles. The van der Waals surface area contributed by atoms with E-state index in [0.29, 0.717) is 5.82 Å². The number of nitro benzene ring substituents is 1. The van der Waals surface area contributed by atoms with E-state index in [2.05, 4.69) is 10.3 Å². The van der Waals surface area contributed by atoms with Gasteiger partial charge in [0.2, 0.25) is 0 Å². The van der Waals surface area contributed by atoms with Gasteiger partial charge in [0.25, 0.3) is 5.69 Å². The fraction of sp³-hybridized carbons (Fsp3) is 0.0833. The SMILES string of the molecule is Cc1c(F)ccc([N+](=O)[O-])c1Nc1ccccn1. The van der Waals surface area contributed by atoms with Crippen molar-refractivity contribution in [2.45, 2.75) is 6.92 Å². The molecule has 1 N–H and O–H groups in total. The van der Waals surface area contributed by atoms with Crippen molar-refractivity contribution in [1.82, 2.24) is 4.98 Å². The number of aromatic nitrogens is 1. The Hall–Kier alpha value is -2.50. The number of nitrogens with zero attached hydrogens (tertiary/aromatic N) is 2. The minimum absolute atomic E-state index is 0.124. The van der Waals surface area contributed by atoms with Crippen molar-refractivity contribution in [3.05, 3.63) is 58.0 Å². The van der Waals surface area contributed by atoms with E-state index < -0.39 is 10.7 Å². The number of hydrogen-bond acceptors (Lipinski definition) is 4. The van der Waals surface area contributed by atoms with Crippen molar-refractivity contribution < 1.29 is 9.31 Å². The molecule has 1 aromatic heterocycles. The molecule has 2 aromatic rings. The van der Waals surface area contributed by atoms with Crippen molar-refractivity contribution in [2.75, 3.05) is 5.32 Å². The molecule has 2 rings (SSSR count). The number of nitrogens with one attached hydrogen (secondary N) is 1. The summed E-state index contributed by atoms with van der Waals surface area (Å²) in [6.45, 7) is 1.48. The van der Waals surface area contributed by atoms with E-state index in [1.54, 1.807) is 24.4 Å². The first-order valence-electron chi connectivity index (χ1n) is 5.21. The highest BCUT2D eigenvalue weighted by atomic mass is 19.1. The first kappa shape index (κ1) is 12.0. The summed E-state index contributed by atoms with van der Waals surface area (Å²) in [5, 5.41) is 13.7. The van der Waals surface area contributed by atoms with E-state index in [1.165, 1.54) is 6.92 Å². The summed E-state index contributed by atoms with van der Waals surface area (Å²) < 4.78 is 13.4. The van der Waals surface area contributed by atoms with Crippen LogP contribution in [0.15, 0.2) is 36.5 Å². The van der Waals surface area contributed by atoms with E-state index in [4.69, 9.17) is 0 Å². The zero-order chi connectivity index (χ0) is 13.1. The van der Waals surface area contributed by atoms with Gasteiger partial charge < -0.3 is 5.32 Å². The molecule has 6 heteroatoms. The Bertz CT molecular complexity index is 587. The van der Waals surface area contributed by atoms with Gasteiger partial charge >= 0.3 is 0 Å². The van der Waals surface area contributed by atoms with Gasteiger partial charge in [0.15, 0.2) is 0 Å². The van der Waals surface area contributed by atoms with Gasteiger partial charge in [-0.05, 0) is 25.1 Å². The molecule has 0 radical (unpaired) electrons. The highest BCUT2D eigenvalue weighted by Gasteiger charge is 2.18. The predicted octanol–water partition coefficient (Wildman–Crippen LogP) is 3.18. The van der Waals surface area contributed by atoms with E-state index in [1.807, 2.05) is 0 Å². The van der Waals surface area contributed by atoms with Gasteiger partial charge in [-0.1, -0.05) is 6.07 Å². The Morgan fingerprint density at radius 1 is 1.33 bits per heavy atom. The lowest BCUT2D eigenvalue weighted by atomic mass is 10.1. The number of anilines is 2. The van der Waals surface area contributed by atoms with Gasteiger partial charge in [0, 0.05) is 17.8 Å². The molecule has 0 amide bonds. The fourth-order valence-corrected chi connectivity index (χ4v) is 1.55. The smallest absolute Gasteiger partial charge is 0.293 e. The average Bonchev–Trinajstić information content (AvgIpc) is 2.36. The Morgan fingerprint density at radius 3 is 2.72 bits per heavy atom. The van der Waals surface area contributed by atoms with Crippen molar-refractivity contribution in [2.24, 2.45) is 0 Å². The molecule has 0 fully saturated rings. The lowest BCUT2D eigenvalue weighted by Gasteiger charge is -2.09. The van der Waals surface area contributed by atoms with Crippen molar-refractivity contribution >= 4 is 17.2 Å². The first-order chi connectivity index (χ1) is 8.59. The second-order valence-electron chi connectivity index (χ2n) is 3.66. The van der Waals surface area contributed by atoms with Gasteiger partial charge in [0.1, 0.15) is 17.3 Å². The second-order valence-corrected chi connectivity index (χ2v) is 3.66. The summed E-state index contributed by atoms with van der Waals surface area (Å²) >= 11 is 0. The normalized spacial score (nSPS) is 10.1. The van der Waals surface area contributed by atoms with Gasteiger partial charge in [-0.25, -0.2) is 9.37 Å². The third-order valence-electron chi connectivity index (χ3n) is 2.49. The van der Waals surface area contributed by atoms with Gasteiger partial charge in [-0.2, -0.15) is 0 Å². The molecule has 18 heavy (non-hydrogen) atoms. The molecule has 1 heterocycles. The number of halogens is 1. The molecule has 0 saturated heterocycles. The molecule has 0 atom stereocenters. The molecule has 0 saturated carbocycles. The highest BCUT2D eigenvalue weighted by Crippen LogP contribution is 2.31. The first-order valence-corrected chi connectivity index (χ1v) is 5.21. The van der Waals surface area contributed by atoms with Crippen LogP contribution in [0.3, 0.4) is 0 Å². The quantitative estimate of drug-likeness (QED) is 0.668. The van der Waals surface area contributed by atoms with Crippen molar-refractivity contribution in [3.8, 4) is 0 Å². The molecule has 5 nitrogen and oxygen atoms in total. The summed E-state index contributed by atoms with van der Waals surface area (Å²) in [6.07, 6.45) is 1.54. The zero-order valence-corrected chi connectivity index (χ0v) is 9.55. The van der Waals surface area contributed by atoms with Crippen LogP contribution in [0.25, 0.3) is 0 Å². The molecular formula is C12H10FN3O2. The maximum absolute atomic E-state index is 13.4. The van der Waals surface area contributed by atoms with E-state index in [-0.39, 0.29) is 16.9 Å². The molecule has 0 aliphatic carbocycles. The second kappa shape index (κ2) is 4.79. The fourth-order valence-electron chi connectivity index (χ4n) is 1.55. The maximum Gasteiger partial charge on any atom is 0.293 e. The van der Waals surface area contributed by atoms with Crippen LogP contribution in [0, 0.1) is 22.9 Å². The summed E-state index contributed by atoms with van der Waals surface area (Å²) in [5.41, 5.74) is 0.133. The summed E-state index contributed by atoms with van der Waals surface area (Å²) in [6, 6.07) is 7.31. The van der Waals surface area contributed by atoms with E-state index >= 15 is 0 Å². The minimum atomic E-state index is -0.558. The Labute approximate surface area is 102 Å². The highest BCUT2D eigenvalue weighted by molar-refractivity contribution is 5.71. The number of rotatable bonds is 3. The molecule has 1 aromatic carbocycles. The summed E-state index contributed by atoms with van der Waals surface area (Å²) in [7, 11) is 0. The third-order valence-corrected chi connectivity index (χ3v) is 2.49. The van der Waals surface area contributed by atoms with Crippen LogP contribution < -0.4 is 5.32 Å². The topological polar surface area (TPSA) is 68.1 Å². The molecule has 0 aliphatic rings. The van der Waals surface area contributed by atoms with Crippen LogP contribution in [0.1, 0.15) is 5.56 Å². The lowest BCUT2D eigenvalue weighted by Crippen LogP contribution is -2.02. The van der Waals surface area contributed by atoms with Crippen molar-refractivity contribution in [3.63, 3.8) is 0 Å². The Morgan fingerprint density at radius 2 is 2.11 bits per heavy atom. The Balaban J connectivity index is 2.48. The summed E-state index contributed by atoms with van der Waals surface area (Å²) in [4.78, 5) is 14.3. The molecule has 0 bridgehead atoms. The van der Waals surface area contributed by atoms with Crippen LogP contribution in [-0.2, 0) is 0 Å². The van der Waals surface area contributed by atoms with E-state index in [0.717, 1.165) is 12.1 Å². The van der Waals surface area contributed by atoms with Crippen LogP contribution in [0.5, 0.6) is 0 Å². The number of nitro groups is 1. The molecular weight excluding hydrogens is 237 g/mol. The van der Waals surface area contributed by atoms with Gasteiger partial charge in [-0.3, -0.25) is 10.1 Å². The zero-order valence-electron chi connectivity index (χ0n) is 9.55. The lowest BCUT2D eigenvalue weighted by molar-refractivity contribution is -0.384. The van der Waals surface area contributed by atoms with Crippen LogP contribution in [0.2, 0.25) is 0 Å². The maximum atomic E-state index is 13.4. The van der Waals surface area contributed by atoms with Crippen LogP contribution in [-0.4, -0.2) is 9.91 Å². The number of benzene rings is 1. The minimum Gasteiger partial charge on any atom is -0.334 e. The predicted molar refractivity (Wildman–Crippen MR) is 65.3 cm³/mol. The van der Waals surface area contributed by atoms with Crippen LogP contribution >= 0.6 is 0 Å². The standard InChI is InChI=1S/C12H10FN3O2/c1-8-9(13)5-6-10(16(17)18)12(8)15-11-4-2-3-7-14-11/h2-7H,1H3,(H,14,15). The van der Waals surface area contributed by atoms with Gasteiger partial charge in [0.05, 0.1) is 4.92 Å². The molecule has 92 valence electrons. The number of pyridine rings is 1. The monoisotopic (exact) mass is 247 g/mol. The number of hydrogen-bond donors (Lipinski definition) is 1. The summed E-state index contributed by atoms with van der Waals surface area (Å²) in [5.74, 6) is -0.0756. The van der Waals surface area contributed by atoms with Gasteiger partial charge in [-0.15, -0.1) is 0 Å². The largest absolute Gasteiger partial charge is 0.334 e. The average molecular weight is 247 g/mol. The Kier molecular flexibility index (Phi) is 3.18.